The summed E-state index contributed by atoms with van der Waals surface area (Å²) in [7, 11) is 0. The highest BCUT2D eigenvalue weighted by Gasteiger charge is 2.27. The first-order chi connectivity index (χ1) is 13.7. The van der Waals surface area contributed by atoms with Gasteiger partial charge in [0.05, 0.1) is 28.7 Å². The molecule has 0 unspecified atom stereocenters. The molecule has 2 aromatic carbocycles. The second-order valence-electron chi connectivity index (χ2n) is 6.46. The molecule has 0 saturated carbocycles. The molecule has 0 radical (unpaired) electrons. The van der Waals surface area contributed by atoms with Crippen LogP contribution in [0.1, 0.15) is 16.8 Å². The third-order valence-corrected chi connectivity index (χ3v) is 4.44. The van der Waals surface area contributed by atoms with Gasteiger partial charge in [-0.2, -0.15) is 18.3 Å². The Hall–Kier alpha value is -3.43. The van der Waals surface area contributed by atoms with Gasteiger partial charge in [-0.05, 0) is 18.2 Å². The molecule has 2 heterocycles. The van der Waals surface area contributed by atoms with E-state index in [1.807, 2.05) is 0 Å². The number of halogens is 5. The normalized spacial score (nSPS) is 12.0. The SMILES string of the molecule is O=C(Nc1c[nH]c2cc(F)c(F)cc12)c1cccc2nn(CCC(F)(F)F)cc12. The van der Waals surface area contributed by atoms with Crippen LogP contribution in [0.3, 0.4) is 0 Å². The van der Waals surface area contributed by atoms with Gasteiger partial charge in [-0.25, -0.2) is 8.78 Å². The Kier molecular flexibility index (Phi) is 4.48. The monoisotopic (exact) mass is 408 g/mol. The molecule has 0 fully saturated rings. The zero-order valence-electron chi connectivity index (χ0n) is 14.6. The van der Waals surface area contributed by atoms with Gasteiger partial charge in [0.2, 0.25) is 0 Å². The summed E-state index contributed by atoms with van der Waals surface area (Å²) in [5.74, 6) is -2.63. The van der Waals surface area contributed by atoms with Gasteiger partial charge >= 0.3 is 6.18 Å². The van der Waals surface area contributed by atoms with Crippen molar-refractivity contribution in [3.05, 3.63) is 59.9 Å². The van der Waals surface area contributed by atoms with Crippen molar-refractivity contribution in [3.8, 4) is 0 Å². The van der Waals surface area contributed by atoms with Gasteiger partial charge in [0.15, 0.2) is 11.6 Å². The number of fused-ring (bicyclic) bond motifs is 2. The number of hydrogen-bond donors (Lipinski definition) is 2. The maximum Gasteiger partial charge on any atom is 0.390 e. The van der Waals surface area contributed by atoms with E-state index in [0.29, 0.717) is 16.4 Å². The topological polar surface area (TPSA) is 62.7 Å². The minimum Gasteiger partial charge on any atom is -0.359 e. The maximum absolute atomic E-state index is 13.5. The first kappa shape index (κ1) is 18.9. The van der Waals surface area contributed by atoms with Crippen molar-refractivity contribution in [1.29, 1.82) is 0 Å². The minimum atomic E-state index is -4.32. The largest absolute Gasteiger partial charge is 0.390 e. The molecule has 29 heavy (non-hydrogen) atoms. The first-order valence-corrected chi connectivity index (χ1v) is 8.52. The smallest absolute Gasteiger partial charge is 0.359 e. The Morgan fingerprint density at radius 3 is 2.66 bits per heavy atom. The molecule has 0 atom stereocenters. The lowest BCUT2D eigenvalue weighted by molar-refractivity contribution is -0.137. The van der Waals surface area contributed by atoms with Crippen LogP contribution in [0.4, 0.5) is 27.6 Å². The molecule has 0 aliphatic carbocycles. The van der Waals surface area contributed by atoms with Gasteiger partial charge in [-0.3, -0.25) is 9.48 Å². The average molecular weight is 408 g/mol. The van der Waals surface area contributed by atoms with Gasteiger partial charge in [-0.1, -0.05) is 6.07 Å². The van der Waals surface area contributed by atoms with Crippen LogP contribution in [0.5, 0.6) is 0 Å². The third-order valence-electron chi connectivity index (χ3n) is 4.44. The van der Waals surface area contributed by atoms with Crippen molar-refractivity contribution >= 4 is 33.4 Å². The number of aromatic amines is 1. The summed E-state index contributed by atoms with van der Waals surface area (Å²) < 4.78 is 65.3. The maximum atomic E-state index is 13.5. The summed E-state index contributed by atoms with van der Waals surface area (Å²) in [6.45, 7) is -0.369. The van der Waals surface area contributed by atoms with Crippen LogP contribution in [-0.4, -0.2) is 26.8 Å². The fourth-order valence-corrected chi connectivity index (χ4v) is 3.06. The summed E-state index contributed by atoms with van der Waals surface area (Å²) in [5, 5.41) is 7.34. The lowest BCUT2D eigenvalue weighted by Gasteiger charge is -2.05. The zero-order chi connectivity index (χ0) is 20.8. The minimum absolute atomic E-state index is 0.192. The van der Waals surface area contributed by atoms with Crippen LogP contribution >= 0.6 is 0 Å². The van der Waals surface area contributed by atoms with E-state index in [2.05, 4.69) is 15.4 Å². The van der Waals surface area contributed by atoms with Crippen molar-refractivity contribution in [1.82, 2.24) is 14.8 Å². The van der Waals surface area contributed by atoms with E-state index in [1.54, 1.807) is 12.1 Å². The number of rotatable bonds is 4. The molecule has 10 heteroatoms. The number of aromatic nitrogens is 3. The molecule has 2 aromatic heterocycles. The van der Waals surface area contributed by atoms with E-state index < -0.39 is 30.1 Å². The number of nitrogens with zero attached hydrogens (tertiary/aromatic N) is 2. The molecule has 0 saturated heterocycles. The molecule has 0 aliphatic heterocycles. The number of H-pyrrole nitrogens is 1. The number of hydrogen-bond acceptors (Lipinski definition) is 2. The van der Waals surface area contributed by atoms with E-state index in [-0.39, 0.29) is 23.2 Å². The van der Waals surface area contributed by atoms with Gasteiger partial charge in [0, 0.05) is 35.8 Å². The number of carbonyl (C=O) groups is 1. The summed E-state index contributed by atoms with van der Waals surface area (Å²) >= 11 is 0. The molecule has 2 N–H and O–H groups in total. The summed E-state index contributed by atoms with van der Waals surface area (Å²) in [5.41, 5.74) is 1.10. The molecule has 0 bridgehead atoms. The molecule has 4 rings (SSSR count). The number of benzene rings is 2. The Morgan fingerprint density at radius 1 is 1.14 bits per heavy atom. The Bertz CT molecular complexity index is 1220. The summed E-state index contributed by atoms with van der Waals surface area (Å²) in [6, 6.07) is 6.59. The lowest BCUT2D eigenvalue weighted by Crippen LogP contribution is -2.12. The molecule has 0 spiro atoms. The molecule has 0 aliphatic rings. The number of anilines is 1. The van der Waals surface area contributed by atoms with Gasteiger partial charge in [-0.15, -0.1) is 0 Å². The zero-order valence-corrected chi connectivity index (χ0v) is 14.6. The van der Waals surface area contributed by atoms with E-state index in [1.165, 1.54) is 18.5 Å². The average Bonchev–Trinajstić information content (AvgIpc) is 3.24. The van der Waals surface area contributed by atoms with Crippen LogP contribution in [-0.2, 0) is 6.54 Å². The second-order valence-corrected chi connectivity index (χ2v) is 6.46. The van der Waals surface area contributed by atoms with E-state index in [9.17, 15) is 26.7 Å². The van der Waals surface area contributed by atoms with Crippen LogP contribution in [0, 0.1) is 11.6 Å². The predicted molar refractivity (Wildman–Crippen MR) is 96.6 cm³/mol. The number of alkyl halides is 3. The number of nitrogens with one attached hydrogen (secondary N) is 2. The van der Waals surface area contributed by atoms with Gasteiger partial charge in [0.1, 0.15) is 0 Å². The van der Waals surface area contributed by atoms with Crippen molar-refractivity contribution in [2.24, 2.45) is 0 Å². The van der Waals surface area contributed by atoms with Crippen molar-refractivity contribution < 1.29 is 26.7 Å². The number of amides is 1. The molecular formula is C19H13F5N4O. The molecule has 1 amide bonds. The van der Waals surface area contributed by atoms with Crippen LogP contribution in [0.15, 0.2) is 42.7 Å². The second kappa shape index (κ2) is 6.87. The van der Waals surface area contributed by atoms with Crippen molar-refractivity contribution in [2.45, 2.75) is 19.1 Å². The van der Waals surface area contributed by atoms with Crippen LogP contribution in [0.25, 0.3) is 21.8 Å². The molecule has 150 valence electrons. The van der Waals surface area contributed by atoms with Crippen LogP contribution < -0.4 is 5.32 Å². The highest BCUT2D eigenvalue weighted by Crippen LogP contribution is 2.27. The Balaban J connectivity index is 1.63. The molecular weight excluding hydrogens is 395 g/mol. The standard InChI is InChI=1S/C19H13F5N4O/c20-13-6-11-16(7-14(13)21)25-8-17(11)26-18(29)10-2-1-3-15-12(10)9-28(27-15)5-4-19(22,23)24/h1-3,6-9,25H,4-5H2,(H,26,29). The predicted octanol–water partition coefficient (Wildman–Crippen LogP) is 5.00. The van der Waals surface area contributed by atoms with Gasteiger partial charge < -0.3 is 10.3 Å². The third kappa shape index (κ3) is 3.78. The van der Waals surface area contributed by atoms with Crippen LogP contribution in [0.2, 0.25) is 0 Å². The molecule has 5 nitrogen and oxygen atoms in total. The van der Waals surface area contributed by atoms with E-state index in [0.717, 1.165) is 16.8 Å². The highest BCUT2D eigenvalue weighted by molar-refractivity contribution is 6.14. The summed E-state index contributed by atoms with van der Waals surface area (Å²) in [4.78, 5) is 15.5. The summed E-state index contributed by atoms with van der Waals surface area (Å²) in [6.07, 6.45) is -2.59. The lowest BCUT2D eigenvalue weighted by atomic mass is 10.1. The van der Waals surface area contributed by atoms with Crippen molar-refractivity contribution in [2.75, 3.05) is 5.32 Å². The van der Waals surface area contributed by atoms with E-state index >= 15 is 0 Å². The first-order valence-electron chi connectivity index (χ1n) is 8.52. The van der Waals surface area contributed by atoms with Crippen molar-refractivity contribution in [3.63, 3.8) is 0 Å². The fourth-order valence-electron chi connectivity index (χ4n) is 3.06. The quantitative estimate of drug-likeness (QED) is 0.467. The van der Waals surface area contributed by atoms with E-state index in [4.69, 9.17) is 0 Å². The highest BCUT2D eigenvalue weighted by atomic mass is 19.4. The fraction of sp³-hybridized carbons (Fsp3) is 0.158. The number of aryl methyl sites for hydroxylation is 1. The van der Waals surface area contributed by atoms with Gasteiger partial charge in [0.25, 0.3) is 5.91 Å². The molecule has 4 aromatic rings. The number of carbonyl (C=O) groups excluding carboxylic acids is 1. The Morgan fingerprint density at radius 2 is 1.90 bits per heavy atom. The Labute approximate surface area is 160 Å².